The molecule has 0 saturated heterocycles. The first-order valence-electron chi connectivity index (χ1n) is 6.52. The van der Waals surface area contributed by atoms with Crippen LogP contribution in [0.5, 0.6) is 0 Å². The normalized spacial score (nSPS) is 13.1. The van der Waals surface area contributed by atoms with Crippen molar-refractivity contribution in [3.63, 3.8) is 0 Å². The topological polar surface area (TPSA) is 77.8 Å². The van der Waals surface area contributed by atoms with Crippen molar-refractivity contribution in [2.45, 2.75) is 39.5 Å². The monoisotopic (exact) mass is 280 g/mol. The Morgan fingerprint density at radius 1 is 1.37 bits per heavy atom. The molecule has 104 valence electrons. The van der Waals surface area contributed by atoms with Gasteiger partial charge in [0.1, 0.15) is 0 Å². The van der Waals surface area contributed by atoms with Crippen LogP contribution in [0.15, 0.2) is 9.90 Å². The molecule has 0 fully saturated rings. The van der Waals surface area contributed by atoms with Gasteiger partial charge in [0.25, 0.3) is 0 Å². The largest absolute Gasteiger partial charge is 0.339 e. The van der Waals surface area contributed by atoms with Crippen molar-refractivity contribution in [1.82, 2.24) is 15.1 Å². The first-order chi connectivity index (χ1) is 9.08. The number of aromatic nitrogens is 3. The van der Waals surface area contributed by atoms with E-state index in [9.17, 15) is 0 Å². The average Bonchev–Trinajstić information content (AvgIpc) is 2.96. The van der Waals surface area contributed by atoms with Crippen LogP contribution in [-0.2, 0) is 6.42 Å². The molecule has 0 radical (unpaired) electrons. The molecule has 0 saturated carbocycles. The van der Waals surface area contributed by atoms with Crippen molar-refractivity contribution in [3.05, 3.63) is 27.8 Å². The number of aryl methyl sites for hydroxylation is 1. The molecule has 19 heavy (non-hydrogen) atoms. The minimum Gasteiger partial charge on any atom is -0.339 e. The van der Waals surface area contributed by atoms with Crippen molar-refractivity contribution >= 4 is 11.3 Å². The predicted molar refractivity (Wildman–Crippen MR) is 75.2 cm³/mol. The van der Waals surface area contributed by atoms with Gasteiger partial charge < -0.3 is 10.3 Å². The van der Waals surface area contributed by atoms with E-state index in [0.717, 1.165) is 17.1 Å². The molecule has 2 aromatic heterocycles. The predicted octanol–water partition coefficient (Wildman–Crippen LogP) is 2.51. The lowest BCUT2D eigenvalue weighted by molar-refractivity contribution is 0.332. The first kappa shape index (κ1) is 14.1. The maximum absolute atomic E-state index is 5.78. The van der Waals surface area contributed by atoms with E-state index in [1.807, 2.05) is 12.3 Å². The summed E-state index contributed by atoms with van der Waals surface area (Å²) in [6.07, 6.45) is 1.58. The third kappa shape index (κ3) is 3.84. The molecular weight excluding hydrogens is 260 g/mol. The van der Waals surface area contributed by atoms with Crippen molar-refractivity contribution in [2.75, 3.05) is 6.54 Å². The van der Waals surface area contributed by atoms with Gasteiger partial charge in [-0.05, 0) is 19.3 Å². The van der Waals surface area contributed by atoms with E-state index in [1.54, 1.807) is 11.3 Å². The molecule has 2 aromatic rings. The lowest BCUT2D eigenvalue weighted by atomic mass is 9.97. The summed E-state index contributed by atoms with van der Waals surface area (Å²) >= 11 is 1.63. The molecule has 0 amide bonds. The minimum atomic E-state index is 0.151. The second-order valence-corrected chi connectivity index (χ2v) is 6.21. The first-order valence-corrected chi connectivity index (χ1v) is 7.40. The Morgan fingerprint density at radius 2 is 2.16 bits per heavy atom. The van der Waals surface area contributed by atoms with E-state index in [0.29, 0.717) is 30.6 Å². The quantitative estimate of drug-likeness (QED) is 0.879. The standard InChI is InChI=1S/C13H20N4OS/c1-8(2)4-10(6-14)13-16-12(17-18-13)5-11-7-19-9(3)15-11/h7-8,10H,4-6,14H2,1-3H3. The molecule has 0 aliphatic heterocycles. The van der Waals surface area contributed by atoms with Gasteiger partial charge in [-0.2, -0.15) is 4.98 Å². The fraction of sp³-hybridized carbons (Fsp3) is 0.615. The van der Waals surface area contributed by atoms with Crippen LogP contribution in [0.2, 0.25) is 0 Å². The Labute approximate surface area is 117 Å². The molecule has 0 bridgehead atoms. The third-order valence-corrected chi connectivity index (χ3v) is 3.70. The molecule has 1 unspecified atom stereocenters. The molecular formula is C13H20N4OS. The second-order valence-electron chi connectivity index (χ2n) is 5.15. The Kier molecular flexibility index (Phi) is 4.66. The maximum Gasteiger partial charge on any atom is 0.231 e. The molecule has 2 rings (SSSR count). The Bertz CT molecular complexity index is 520. The van der Waals surface area contributed by atoms with Crippen LogP contribution in [0.4, 0.5) is 0 Å². The van der Waals surface area contributed by atoms with Gasteiger partial charge >= 0.3 is 0 Å². The van der Waals surface area contributed by atoms with Crippen molar-refractivity contribution in [2.24, 2.45) is 11.7 Å². The summed E-state index contributed by atoms with van der Waals surface area (Å²) in [5.41, 5.74) is 6.77. The van der Waals surface area contributed by atoms with Crippen LogP contribution in [0, 0.1) is 12.8 Å². The highest BCUT2D eigenvalue weighted by Gasteiger charge is 2.19. The van der Waals surface area contributed by atoms with E-state index in [1.165, 1.54) is 0 Å². The number of nitrogens with two attached hydrogens (primary N) is 1. The zero-order valence-corrected chi connectivity index (χ0v) is 12.4. The summed E-state index contributed by atoms with van der Waals surface area (Å²) in [4.78, 5) is 8.85. The Balaban J connectivity index is 2.05. The van der Waals surface area contributed by atoms with Crippen LogP contribution >= 0.6 is 11.3 Å². The van der Waals surface area contributed by atoms with E-state index < -0.39 is 0 Å². The summed E-state index contributed by atoms with van der Waals surface area (Å²) in [5.74, 6) is 2.05. The van der Waals surface area contributed by atoms with Crippen LogP contribution in [-0.4, -0.2) is 21.7 Å². The van der Waals surface area contributed by atoms with Gasteiger partial charge in [-0.15, -0.1) is 11.3 Å². The molecule has 5 nitrogen and oxygen atoms in total. The molecule has 0 aliphatic carbocycles. The molecule has 0 spiro atoms. The van der Waals surface area contributed by atoms with Gasteiger partial charge in [0.15, 0.2) is 5.82 Å². The van der Waals surface area contributed by atoms with E-state index >= 15 is 0 Å². The van der Waals surface area contributed by atoms with Crippen LogP contribution in [0.25, 0.3) is 0 Å². The van der Waals surface area contributed by atoms with Gasteiger partial charge in [-0.3, -0.25) is 0 Å². The van der Waals surface area contributed by atoms with Crippen LogP contribution in [0.1, 0.15) is 48.6 Å². The Morgan fingerprint density at radius 3 is 2.74 bits per heavy atom. The fourth-order valence-corrected chi connectivity index (χ4v) is 2.64. The van der Waals surface area contributed by atoms with Gasteiger partial charge in [-0.25, -0.2) is 4.98 Å². The SMILES string of the molecule is Cc1nc(Cc2noc(C(CN)CC(C)C)n2)cs1. The summed E-state index contributed by atoms with van der Waals surface area (Å²) in [6.45, 7) is 6.86. The average molecular weight is 280 g/mol. The maximum atomic E-state index is 5.78. The smallest absolute Gasteiger partial charge is 0.231 e. The number of nitrogens with zero attached hydrogens (tertiary/aromatic N) is 3. The van der Waals surface area contributed by atoms with Crippen molar-refractivity contribution in [3.8, 4) is 0 Å². The van der Waals surface area contributed by atoms with Crippen molar-refractivity contribution < 1.29 is 4.52 Å². The highest BCUT2D eigenvalue weighted by Crippen LogP contribution is 2.21. The summed E-state index contributed by atoms with van der Waals surface area (Å²) < 4.78 is 5.33. The van der Waals surface area contributed by atoms with Crippen LogP contribution in [0.3, 0.4) is 0 Å². The summed E-state index contributed by atoms with van der Waals surface area (Å²) in [5, 5.41) is 7.10. The van der Waals surface area contributed by atoms with Gasteiger partial charge in [0.05, 0.1) is 23.0 Å². The fourth-order valence-electron chi connectivity index (χ4n) is 2.02. The number of hydrogen-bond donors (Lipinski definition) is 1. The summed E-state index contributed by atoms with van der Waals surface area (Å²) in [6, 6.07) is 0. The van der Waals surface area contributed by atoms with Gasteiger partial charge in [0.2, 0.25) is 5.89 Å². The van der Waals surface area contributed by atoms with E-state index in [-0.39, 0.29) is 5.92 Å². The van der Waals surface area contributed by atoms with Gasteiger partial charge in [0, 0.05) is 11.9 Å². The third-order valence-electron chi connectivity index (χ3n) is 2.88. The molecule has 2 N–H and O–H groups in total. The van der Waals surface area contributed by atoms with Crippen molar-refractivity contribution in [1.29, 1.82) is 0 Å². The number of thiazole rings is 1. The zero-order chi connectivity index (χ0) is 13.8. The number of hydrogen-bond acceptors (Lipinski definition) is 6. The molecule has 6 heteroatoms. The Hall–Kier alpha value is -1.27. The number of rotatable bonds is 6. The zero-order valence-electron chi connectivity index (χ0n) is 11.6. The minimum absolute atomic E-state index is 0.151. The highest BCUT2D eigenvalue weighted by molar-refractivity contribution is 7.09. The molecule has 0 aromatic carbocycles. The van der Waals surface area contributed by atoms with E-state index in [2.05, 4.69) is 29.0 Å². The van der Waals surface area contributed by atoms with E-state index in [4.69, 9.17) is 10.3 Å². The van der Waals surface area contributed by atoms with Crippen LogP contribution < -0.4 is 5.73 Å². The molecule has 2 heterocycles. The van der Waals surface area contributed by atoms with Gasteiger partial charge in [-0.1, -0.05) is 19.0 Å². The molecule has 1 atom stereocenters. The lowest BCUT2D eigenvalue weighted by Gasteiger charge is -2.11. The summed E-state index contributed by atoms with van der Waals surface area (Å²) in [7, 11) is 0. The lowest BCUT2D eigenvalue weighted by Crippen LogP contribution is -2.15. The second kappa shape index (κ2) is 6.25. The highest BCUT2D eigenvalue weighted by atomic mass is 32.1. The molecule has 0 aliphatic rings.